The maximum Gasteiger partial charge on any atom is 0.282 e. The average Bonchev–Trinajstić information content (AvgIpc) is 2.71. The van der Waals surface area contributed by atoms with Crippen LogP contribution in [0.5, 0.6) is 11.5 Å². The number of sulfonamides is 1. The van der Waals surface area contributed by atoms with E-state index in [9.17, 15) is 8.42 Å². The Balaban J connectivity index is 2.36. The van der Waals surface area contributed by atoms with E-state index in [4.69, 9.17) is 13.9 Å². The molecule has 32 heavy (non-hydrogen) atoms. The van der Waals surface area contributed by atoms with Gasteiger partial charge in [-0.15, -0.1) is 0 Å². The second-order valence-electron chi connectivity index (χ2n) is 9.29. The molecule has 2 aromatic rings. The molecule has 2 rings (SSSR count). The minimum Gasteiger partial charge on any atom is -0.493 e. The predicted molar refractivity (Wildman–Crippen MR) is 132 cm³/mol. The number of ether oxygens (including phenoxy) is 2. The third-order valence-electron chi connectivity index (χ3n) is 5.94. The van der Waals surface area contributed by atoms with E-state index in [1.165, 1.54) is 6.21 Å². The van der Waals surface area contributed by atoms with Gasteiger partial charge in [-0.1, -0.05) is 38.5 Å². The fourth-order valence-corrected chi connectivity index (χ4v) is 4.70. The Kier molecular flexibility index (Phi) is 8.31. The van der Waals surface area contributed by atoms with E-state index in [-0.39, 0.29) is 9.93 Å². The molecule has 0 saturated heterocycles. The highest BCUT2D eigenvalue weighted by Crippen LogP contribution is 2.37. The summed E-state index contributed by atoms with van der Waals surface area (Å²) in [5, 5.41) is 0.108. The highest BCUT2D eigenvalue weighted by Gasteiger charge is 2.36. The summed E-state index contributed by atoms with van der Waals surface area (Å²) in [7, 11) is -2.60. The first-order valence-corrected chi connectivity index (χ1v) is 14.9. The maximum atomic E-state index is 12.7. The fraction of sp³-hybridized carbons (Fsp3) is 0.458. The number of nitrogens with zero attached hydrogens (tertiary/aromatic N) is 1. The number of benzene rings is 2. The van der Waals surface area contributed by atoms with E-state index >= 15 is 0 Å². The summed E-state index contributed by atoms with van der Waals surface area (Å²) < 4.78 is 46.5. The summed E-state index contributed by atoms with van der Waals surface area (Å²) >= 11 is 0. The first-order chi connectivity index (χ1) is 14.8. The van der Waals surface area contributed by atoms with Crippen molar-refractivity contribution in [2.75, 3.05) is 20.8 Å². The molecular weight excluding hydrogens is 442 g/mol. The fourth-order valence-electron chi connectivity index (χ4n) is 2.80. The normalized spacial score (nSPS) is 12.9. The van der Waals surface area contributed by atoms with Crippen molar-refractivity contribution in [1.29, 1.82) is 0 Å². The van der Waals surface area contributed by atoms with Crippen LogP contribution in [0.25, 0.3) is 0 Å². The van der Waals surface area contributed by atoms with Crippen LogP contribution in [0.2, 0.25) is 18.1 Å². The zero-order valence-corrected chi connectivity index (χ0v) is 22.2. The summed E-state index contributed by atoms with van der Waals surface area (Å²) in [6.07, 6.45) is 1.97. The lowest BCUT2D eigenvalue weighted by atomic mass is 10.0. The van der Waals surface area contributed by atoms with Gasteiger partial charge < -0.3 is 13.9 Å². The van der Waals surface area contributed by atoms with Gasteiger partial charge in [0.15, 0.2) is 19.8 Å². The lowest BCUT2D eigenvalue weighted by Gasteiger charge is -2.36. The lowest BCUT2D eigenvalue weighted by molar-refractivity contribution is 0.291. The van der Waals surface area contributed by atoms with Crippen molar-refractivity contribution < 1.29 is 22.3 Å². The Hall–Kier alpha value is -2.16. The molecule has 0 saturated carbocycles. The molecule has 0 amide bonds. The Labute approximate surface area is 193 Å². The summed E-state index contributed by atoms with van der Waals surface area (Å²) in [6.45, 7) is 13.4. The lowest BCUT2D eigenvalue weighted by Crippen LogP contribution is -2.41. The van der Waals surface area contributed by atoms with Gasteiger partial charge in [0.05, 0.1) is 19.1 Å². The SMILES string of the molecule is COc1cc(/C=N\S(=O)(=O)c2ccc(C)cc2)c(CCO[Si](C)(C)C(C)(C)C)cc1OC. The molecule has 0 aliphatic carbocycles. The summed E-state index contributed by atoms with van der Waals surface area (Å²) in [5.74, 6) is 1.09. The molecule has 6 nitrogen and oxygen atoms in total. The van der Waals surface area contributed by atoms with Gasteiger partial charge in [0.2, 0.25) is 0 Å². The largest absolute Gasteiger partial charge is 0.493 e. The van der Waals surface area contributed by atoms with Gasteiger partial charge in [-0.05, 0) is 61.3 Å². The molecule has 0 aromatic heterocycles. The van der Waals surface area contributed by atoms with Gasteiger partial charge in [0.1, 0.15) is 0 Å². The molecule has 2 aromatic carbocycles. The first kappa shape index (κ1) is 26.1. The topological polar surface area (TPSA) is 74.2 Å². The van der Waals surface area contributed by atoms with Crippen molar-refractivity contribution in [1.82, 2.24) is 0 Å². The average molecular weight is 478 g/mol. The van der Waals surface area contributed by atoms with E-state index in [2.05, 4.69) is 38.3 Å². The van der Waals surface area contributed by atoms with Crippen LogP contribution in [0.3, 0.4) is 0 Å². The number of hydrogen-bond donors (Lipinski definition) is 0. The van der Waals surface area contributed by atoms with Crippen molar-refractivity contribution in [3.05, 3.63) is 53.1 Å². The van der Waals surface area contributed by atoms with E-state index < -0.39 is 18.3 Å². The quantitative estimate of drug-likeness (QED) is 0.358. The van der Waals surface area contributed by atoms with Crippen LogP contribution in [0.15, 0.2) is 45.7 Å². The van der Waals surface area contributed by atoms with E-state index in [1.54, 1.807) is 44.6 Å². The molecule has 0 spiro atoms. The molecule has 0 unspecified atom stereocenters. The third kappa shape index (κ3) is 6.43. The van der Waals surface area contributed by atoms with Crippen LogP contribution in [0.4, 0.5) is 0 Å². The van der Waals surface area contributed by atoms with Crippen molar-refractivity contribution in [3.8, 4) is 11.5 Å². The molecule has 0 aliphatic rings. The van der Waals surface area contributed by atoms with Crippen LogP contribution in [-0.4, -0.2) is 43.8 Å². The zero-order valence-electron chi connectivity index (χ0n) is 20.4. The number of rotatable bonds is 9. The van der Waals surface area contributed by atoms with Gasteiger partial charge in [0, 0.05) is 18.4 Å². The number of hydrogen-bond acceptors (Lipinski definition) is 5. The van der Waals surface area contributed by atoms with Gasteiger partial charge in [0.25, 0.3) is 10.0 Å². The van der Waals surface area contributed by atoms with Crippen LogP contribution in [-0.2, 0) is 20.9 Å². The Morgan fingerprint density at radius 1 is 1.00 bits per heavy atom. The first-order valence-electron chi connectivity index (χ1n) is 10.6. The van der Waals surface area contributed by atoms with Crippen molar-refractivity contribution in [2.45, 2.75) is 57.1 Å². The summed E-state index contributed by atoms with van der Waals surface area (Å²) in [5.41, 5.74) is 2.51. The number of methoxy groups -OCH3 is 2. The van der Waals surface area contributed by atoms with Crippen molar-refractivity contribution >= 4 is 24.6 Å². The van der Waals surface area contributed by atoms with Gasteiger partial charge in [-0.3, -0.25) is 0 Å². The highest BCUT2D eigenvalue weighted by molar-refractivity contribution is 7.90. The molecule has 0 N–H and O–H groups in total. The zero-order chi connectivity index (χ0) is 24.2. The van der Waals surface area contributed by atoms with Crippen LogP contribution in [0, 0.1) is 6.92 Å². The summed E-state index contributed by atoms with van der Waals surface area (Å²) in [6, 6.07) is 10.2. The monoisotopic (exact) mass is 477 g/mol. The van der Waals surface area contributed by atoms with Gasteiger partial charge in [-0.2, -0.15) is 12.8 Å². The van der Waals surface area contributed by atoms with Crippen LogP contribution in [0.1, 0.15) is 37.5 Å². The molecule has 0 radical (unpaired) electrons. The molecule has 0 heterocycles. The molecule has 0 aliphatic heterocycles. The molecule has 176 valence electrons. The van der Waals surface area contributed by atoms with Gasteiger partial charge >= 0.3 is 0 Å². The smallest absolute Gasteiger partial charge is 0.282 e. The standard InChI is InChI=1S/C24H35NO5SSi/c1-18-9-11-21(12-10-18)31(26,27)25-17-20-16-23(29-6)22(28-5)15-19(20)13-14-30-32(7,8)24(2,3)4/h9-12,15-17H,13-14H2,1-8H3/b25-17-. The third-order valence-corrected chi connectivity index (χ3v) is 11.7. The van der Waals surface area contributed by atoms with E-state index in [0.717, 1.165) is 11.1 Å². The van der Waals surface area contributed by atoms with Crippen molar-refractivity contribution in [2.24, 2.45) is 4.40 Å². The van der Waals surface area contributed by atoms with E-state index in [1.807, 2.05) is 13.0 Å². The van der Waals surface area contributed by atoms with Crippen LogP contribution < -0.4 is 9.47 Å². The predicted octanol–water partition coefficient (Wildman–Crippen LogP) is 5.38. The second-order valence-corrected chi connectivity index (χ2v) is 15.7. The molecular formula is C24H35NO5SSi. The minimum atomic E-state index is -3.82. The van der Waals surface area contributed by atoms with Gasteiger partial charge in [-0.25, -0.2) is 0 Å². The highest BCUT2D eigenvalue weighted by atomic mass is 32.2. The minimum absolute atomic E-state index is 0.108. The maximum absolute atomic E-state index is 12.7. The Morgan fingerprint density at radius 3 is 2.09 bits per heavy atom. The number of aryl methyl sites for hydroxylation is 1. The van der Waals surface area contributed by atoms with E-state index in [0.29, 0.717) is 30.1 Å². The summed E-state index contributed by atoms with van der Waals surface area (Å²) in [4.78, 5) is 0.155. The van der Waals surface area contributed by atoms with Crippen LogP contribution >= 0.6 is 0 Å². The molecule has 0 atom stereocenters. The van der Waals surface area contributed by atoms with Crippen molar-refractivity contribution in [3.63, 3.8) is 0 Å². The second kappa shape index (κ2) is 10.2. The molecule has 0 bridgehead atoms. The Morgan fingerprint density at radius 2 is 1.56 bits per heavy atom. The molecule has 8 heteroatoms. The Bertz CT molecular complexity index is 1060. The molecule has 0 fully saturated rings.